The predicted molar refractivity (Wildman–Crippen MR) is 85.3 cm³/mol. The number of benzene rings is 2. The average molecular weight is 308 g/mol. The lowest BCUT2D eigenvalue weighted by Gasteiger charge is -2.05. The van der Waals surface area contributed by atoms with Gasteiger partial charge in [0.25, 0.3) is 0 Å². The zero-order valence-electron chi connectivity index (χ0n) is 11.6. The molecule has 108 valence electrons. The first-order valence-electron chi connectivity index (χ1n) is 6.81. The SMILES string of the molecule is c1ccc2sc(COc3ccc(-n4cncn4)cc3)nc2c1. The van der Waals surface area contributed by atoms with Gasteiger partial charge in [-0.1, -0.05) is 12.1 Å². The molecule has 0 spiro atoms. The van der Waals surface area contributed by atoms with Gasteiger partial charge in [-0.05, 0) is 36.4 Å². The molecule has 0 N–H and O–H groups in total. The number of fused-ring (bicyclic) bond motifs is 1. The van der Waals surface area contributed by atoms with Crippen LogP contribution in [-0.2, 0) is 6.61 Å². The molecule has 0 aliphatic heterocycles. The largest absolute Gasteiger partial charge is 0.486 e. The third kappa shape index (κ3) is 2.56. The lowest BCUT2D eigenvalue weighted by atomic mass is 10.3. The predicted octanol–water partition coefficient (Wildman–Crippen LogP) is 3.46. The van der Waals surface area contributed by atoms with Crippen molar-refractivity contribution in [2.75, 3.05) is 0 Å². The molecule has 4 rings (SSSR count). The zero-order valence-corrected chi connectivity index (χ0v) is 12.4. The van der Waals surface area contributed by atoms with Gasteiger partial charge in [0.1, 0.15) is 30.0 Å². The monoisotopic (exact) mass is 308 g/mol. The smallest absolute Gasteiger partial charge is 0.140 e. The Hall–Kier alpha value is -2.73. The van der Waals surface area contributed by atoms with Crippen LogP contribution in [0.4, 0.5) is 0 Å². The van der Waals surface area contributed by atoms with Crippen molar-refractivity contribution in [3.63, 3.8) is 0 Å². The first-order chi connectivity index (χ1) is 10.9. The van der Waals surface area contributed by atoms with Crippen LogP contribution in [0.1, 0.15) is 5.01 Å². The number of nitrogens with zero attached hydrogens (tertiary/aromatic N) is 4. The summed E-state index contributed by atoms with van der Waals surface area (Å²) in [5.74, 6) is 0.808. The summed E-state index contributed by atoms with van der Waals surface area (Å²) in [6.07, 6.45) is 3.18. The molecule has 0 aliphatic carbocycles. The van der Waals surface area contributed by atoms with Gasteiger partial charge in [-0.3, -0.25) is 0 Å². The van der Waals surface area contributed by atoms with Crippen LogP contribution in [0.3, 0.4) is 0 Å². The standard InChI is InChI=1S/C16H12N4OS/c1-2-4-15-14(3-1)19-16(22-15)9-21-13-7-5-12(6-8-13)20-11-17-10-18-20/h1-8,10-11H,9H2. The van der Waals surface area contributed by atoms with Gasteiger partial charge in [0.05, 0.1) is 15.9 Å². The molecule has 0 radical (unpaired) electrons. The van der Waals surface area contributed by atoms with E-state index in [1.807, 2.05) is 42.5 Å². The molecule has 5 nitrogen and oxygen atoms in total. The van der Waals surface area contributed by atoms with Crippen LogP contribution in [0.15, 0.2) is 61.2 Å². The molecular formula is C16H12N4OS. The lowest BCUT2D eigenvalue weighted by Crippen LogP contribution is -1.96. The fraction of sp³-hybridized carbons (Fsp3) is 0.0625. The molecule has 0 bridgehead atoms. The van der Waals surface area contributed by atoms with Crippen molar-refractivity contribution in [3.8, 4) is 11.4 Å². The van der Waals surface area contributed by atoms with Gasteiger partial charge in [-0.2, -0.15) is 5.10 Å². The second-order valence-corrected chi connectivity index (χ2v) is 5.81. The highest BCUT2D eigenvalue weighted by molar-refractivity contribution is 7.18. The van der Waals surface area contributed by atoms with Crippen molar-refractivity contribution >= 4 is 21.6 Å². The zero-order chi connectivity index (χ0) is 14.8. The van der Waals surface area contributed by atoms with Crippen molar-refractivity contribution in [2.24, 2.45) is 0 Å². The first kappa shape index (κ1) is 13.0. The molecule has 6 heteroatoms. The molecular weight excluding hydrogens is 296 g/mol. The van der Waals surface area contributed by atoms with Crippen molar-refractivity contribution in [2.45, 2.75) is 6.61 Å². The number of para-hydroxylation sites is 1. The molecule has 0 aliphatic rings. The Bertz CT molecular complexity index is 851. The van der Waals surface area contributed by atoms with E-state index in [2.05, 4.69) is 21.1 Å². The summed E-state index contributed by atoms with van der Waals surface area (Å²) >= 11 is 1.66. The van der Waals surface area contributed by atoms with Gasteiger partial charge in [-0.25, -0.2) is 14.6 Å². The number of aromatic nitrogens is 4. The van der Waals surface area contributed by atoms with Gasteiger partial charge in [0.15, 0.2) is 0 Å². The minimum absolute atomic E-state index is 0.474. The third-order valence-electron chi connectivity index (χ3n) is 3.22. The van der Waals surface area contributed by atoms with Crippen molar-refractivity contribution in [1.29, 1.82) is 0 Å². The maximum atomic E-state index is 5.80. The number of thiazole rings is 1. The highest BCUT2D eigenvalue weighted by Crippen LogP contribution is 2.23. The van der Waals surface area contributed by atoms with Crippen LogP contribution >= 0.6 is 11.3 Å². The topological polar surface area (TPSA) is 52.8 Å². The lowest BCUT2D eigenvalue weighted by molar-refractivity contribution is 0.306. The van der Waals surface area contributed by atoms with Gasteiger partial charge in [0, 0.05) is 0 Å². The first-order valence-corrected chi connectivity index (χ1v) is 7.62. The van der Waals surface area contributed by atoms with Crippen molar-refractivity contribution in [3.05, 3.63) is 66.2 Å². The normalized spacial score (nSPS) is 10.9. The summed E-state index contributed by atoms with van der Waals surface area (Å²) in [5.41, 5.74) is 1.97. The maximum Gasteiger partial charge on any atom is 0.140 e. The summed E-state index contributed by atoms with van der Waals surface area (Å²) in [6, 6.07) is 15.8. The van der Waals surface area contributed by atoms with Crippen molar-refractivity contribution < 1.29 is 4.74 Å². The van der Waals surface area contributed by atoms with Gasteiger partial charge in [0.2, 0.25) is 0 Å². The van der Waals surface area contributed by atoms with E-state index in [9.17, 15) is 0 Å². The summed E-state index contributed by atoms with van der Waals surface area (Å²) < 4.78 is 8.69. The van der Waals surface area contributed by atoms with Gasteiger partial charge < -0.3 is 4.74 Å². The van der Waals surface area contributed by atoms with E-state index < -0.39 is 0 Å². The van der Waals surface area contributed by atoms with E-state index >= 15 is 0 Å². The number of hydrogen-bond acceptors (Lipinski definition) is 5. The quantitative estimate of drug-likeness (QED) is 0.579. The van der Waals surface area contributed by atoms with Crippen LogP contribution in [0.2, 0.25) is 0 Å². The Kier molecular flexibility index (Phi) is 3.29. The highest BCUT2D eigenvalue weighted by atomic mass is 32.1. The average Bonchev–Trinajstić information content (AvgIpc) is 3.22. The number of rotatable bonds is 4. The Morgan fingerprint density at radius 1 is 1.05 bits per heavy atom. The van der Waals surface area contributed by atoms with E-state index in [0.717, 1.165) is 22.0 Å². The second kappa shape index (κ2) is 5.57. The molecule has 22 heavy (non-hydrogen) atoms. The number of hydrogen-bond donors (Lipinski definition) is 0. The molecule has 0 unspecified atom stereocenters. The molecule has 2 aromatic heterocycles. The Morgan fingerprint density at radius 2 is 1.91 bits per heavy atom. The van der Waals surface area contributed by atoms with Crippen LogP contribution in [0.25, 0.3) is 15.9 Å². The third-order valence-corrected chi connectivity index (χ3v) is 4.23. The van der Waals surface area contributed by atoms with E-state index in [-0.39, 0.29) is 0 Å². The minimum Gasteiger partial charge on any atom is -0.486 e. The minimum atomic E-state index is 0.474. The molecule has 0 saturated carbocycles. The van der Waals surface area contributed by atoms with Crippen LogP contribution < -0.4 is 4.74 Å². The summed E-state index contributed by atoms with van der Waals surface area (Å²) in [6.45, 7) is 0.474. The molecule has 0 amide bonds. The van der Waals surface area contributed by atoms with E-state index in [1.165, 1.54) is 11.0 Å². The fourth-order valence-electron chi connectivity index (χ4n) is 2.16. The number of ether oxygens (including phenoxy) is 1. The maximum absolute atomic E-state index is 5.80. The second-order valence-electron chi connectivity index (χ2n) is 4.70. The fourth-order valence-corrected chi connectivity index (χ4v) is 3.04. The molecule has 0 atom stereocenters. The van der Waals surface area contributed by atoms with Crippen LogP contribution in [0, 0.1) is 0 Å². The summed E-state index contributed by atoms with van der Waals surface area (Å²) in [4.78, 5) is 8.49. The molecule has 2 heterocycles. The van der Waals surface area contributed by atoms with Crippen LogP contribution in [0.5, 0.6) is 5.75 Å². The van der Waals surface area contributed by atoms with Crippen molar-refractivity contribution in [1.82, 2.24) is 19.7 Å². The Labute approximate surface area is 130 Å². The summed E-state index contributed by atoms with van der Waals surface area (Å²) in [5, 5.41) is 5.06. The van der Waals surface area contributed by atoms with Crippen LogP contribution in [-0.4, -0.2) is 19.7 Å². The van der Waals surface area contributed by atoms with E-state index in [1.54, 1.807) is 22.3 Å². The van der Waals surface area contributed by atoms with E-state index in [4.69, 9.17) is 4.74 Å². The summed E-state index contributed by atoms with van der Waals surface area (Å²) in [7, 11) is 0. The highest BCUT2D eigenvalue weighted by Gasteiger charge is 2.04. The van der Waals surface area contributed by atoms with Gasteiger partial charge >= 0.3 is 0 Å². The molecule has 4 aromatic rings. The molecule has 0 saturated heterocycles. The Morgan fingerprint density at radius 3 is 2.68 bits per heavy atom. The molecule has 2 aromatic carbocycles. The Balaban J connectivity index is 1.47. The van der Waals surface area contributed by atoms with Gasteiger partial charge in [-0.15, -0.1) is 11.3 Å². The van der Waals surface area contributed by atoms with E-state index in [0.29, 0.717) is 6.61 Å². The molecule has 0 fully saturated rings.